The molecule has 3 aromatic carbocycles. The Morgan fingerprint density at radius 2 is 1.63 bits per heavy atom. The second-order valence-corrected chi connectivity index (χ2v) is 8.20. The zero-order valence-corrected chi connectivity index (χ0v) is 19.8. The molecular formula is C27H28N4O4. The highest BCUT2D eigenvalue weighted by molar-refractivity contribution is 6.15. The van der Waals surface area contributed by atoms with Crippen LogP contribution in [-0.2, 0) is 16.1 Å². The van der Waals surface area contributed by atoms with E-state index in [4.69, 9.17) is 4.74 Å². The number of ether oxygens (including phenoxy) is 1. The van der Waals surface area contributed by atoms with E-state index in [-0.39, 0.29) is 24.9 Å². The van der Waals surface area contributed by atoms with E-state index >= 15 is 0 Å². The van der Waals surface area contributed by atoms with E-state index in [0.717, 1.165) is 11.1 Å². The third-order valence-electron chi connectivity index (χ3n) is 5.63. The molecule has 8 heteroatoms. The number of benzene rings is 3. The first kappa shape index (κ1) is 23.8. The maximum Gasteiger partial charge on any atom is 0.326 e. The third kappa shape index (κ3) is 5.78. The average molecular weight is 473 g/mol. The zero-order chi connectivity index (χ0) is 24.8. The van der Waals surface area contributed by atoms with Gasteiger partial charge in [-0.3, -0.25) is 19.4 Å². The summed E-state index contributed by atoms with van der Waals surface area (Å²) in [6, 6.07) is 21.5. The number of nitrogens with zero attached hydrogens (tertiary/aromatic N) is 2. The van der Waals surface area contributed by atoms with Gasteiger partial charge in [0.15, 0.2) is 0 Å². The summed E-state index contributed by atoms with van der Waals surface area (Å²) in [5.41, 5.74) is 3.78. The Labute approximate surface area is 204 Å². The number of carbonyl (C=O) groups excluding carboxylic acids is 3. The average Bonchev–Trinajstić information content (AvgIpc) is 2.86. The maximum absolute atomic E-state index is 13.0. The van der Waals surface area contributed by atoms with Gasteiger partial charge in [0, 0.05) is 12.2 Å². The van der Waals surface area contributed by atoms with Gasteiger partial charge in [-0.05, 0) is 55.8 Å². The summed E-state index contributed by atoms with van der Waals surface area (Å²) in [5.74, 6) is 0.0948. The number of carbonyl (C=O) groups is 3. The number of urea groups is 1. The van der Waals surface area contributed by atoms with E-state index in [9.17, 15) is 14.4 Å². The van der Waals surface area contributed by atoms with Crippen LogP contribution in [0.4, 0.5) is 21.9 Å². The van der Waals surface area contributed by atoms with Crippen LogP contribution < -0.4 is 25.2 Å². The first-order valence-electron chi connectivity index (χ1n) is 11.5. The number of anilines is 3. The van der Waals surface area contributed by atoms with Crippen molar-refractivity contribution >= 4 is 34.9 Å². The van der Waals surface area contributed by atoms with Crippen molar-refractivity contribution in [3.05, 3.63) is 83.9 Å². The Balaban J connectivity index is 1.44. The van der Waals surface area contributed by atoms with Gasteiger partial charge in [-0.1, -0.05) is 42.0 Å². The summed E-state index contributed by atoms with van der Waals surface area (Å²) < 4.78 is 5.43. The summed E-state index contributed by atoms with van der Waals surface area (Å²) >= 11 is 0. The van der Waals surface area contributed by atoms with Crippen molar-refractivity contribution in [3.63, 3.8) is 0 Å². The smallest absolute Gasteiger partial charge is 0.326 e. The normalized spacial score (nSPS) is 12.7. The van der Waals surface area contributed by atoms with Crippen LogP contribution in [-0.4, -0.2) is 37.5 Å². The minimum absolute atomic E-state index is 0.129. The Kier molecular flexibility index (Phi) is 7.30. The lowest BCUT2D eigenvalue weighted by Gasteiger charge is -2.35. The number of hydrogen-bond acceptors (Lipinski definition) is 4. The first-order chi connectivity index (χ1) is 16.9. The second kappa shape index (κ2) is 10.7. The Morgan fingerprint density at radius 1 is 0.943 bits per heavy atom. The number of hydrogen-bond donors (Lipinski definition) is 2. The van der Waals surface area contributed by atoms with Gasteiger partial charge in [0.25, 0.3) is 0 Å². The van der Waals surface area contributed by atoms with Gasteiger partial charge in [0.05, 0.1) is 18.0 Å². The molecule has 4 amide bonds. The molecule has 0 unspecified atom stereocenters. The lowest BCUT2D eigenvalue weighted by molar-refractivity contribution is -0.123. The first-order valence-corrected chi connectivity index (χ1v) is 11.5. The summed E-state index contributed by atoms with van der Waals surface area (Å²) in [7, 11) is 0. The third-order valence-corrected chi connectivity index (χ3v) is 5.63. The summed E-state index contributed by atoms with van der Waals surface area (Å²) in [6.07, 6.45) is 0. The van der Waals surface area contributed by atoms with Crippen molar-refractivity contribution in [2.75, 3.05) is 34.8 Å². The lowest BCUT2D eigenvalue weighted by atomic mass is 10.1. The van der Waals surface area contributed by atoms with E-state index < -0.39 is 6.03 Å². The predicted octanol–water partition coefficient (Wildman–Crippen LogP) is 4.10. The van der Waals surface area contributed by atoms with Crippen molar-refractivity contribution in [2.24, 2.45) is 0 Å². The number of nitrogens with one attached hydrogen (secondary N) is 2. The van der Waals surface area contributed by atoms with Gasteiger partial charge < -0.3 is 15.4 Å². The number of aryl methyl sites for hydroxylation is 1. The highest BCUT2D eigenvalue weighted by atomic mass is 16.5. The number of rotatable bonds is 7. The molecule has 1 heterocycles. The molecule has 0 aromatic heterocycles. The van der Waals surface area contributed by atoms with Crippen LogP contribution in [0.3, 0.4) is 0 Å². The monoisotopic (exact) mass is 472 g/mol. The lowest BCUT2D eigenvalue weighted by Crippen LogP contribution is -2.51. The molecule has 8 nitrogen and oxygen atoms in total. The molecule has 0 radical (unpaired) electrons. The van der Waals surface area contributed by atoms with Gasteiger partial charge in [0.1, 0.15) is 18.8 Å². The van der Waals surface area contributed by atoms with Crippen LogP contribution >= 0.6 is 0 Å². The van der Waals surface area contributed by atoms with Crippen LogP contribution in [0.1, 0.15) is 18.1 Å². The molecule has 0 fully saturated rings. The molecule has 0 spiro atoms. The van der Waals surface area contributed by atoms with Crippen LogP contribution in [0.5, 0.6) is 5.75 Å². The Hall–Kier alpha value is -4.33. The van der Waals surface area contributed by atoms with Crippen LogP contribution in [0.2, 0.25) is 0 Å². The quantitative estimate of drug-likeness (QED) is 0.542. The number of fused-ring (bicyclic) bond motifs is 1. The van der Waals surface area contributed by atoms with E-state index in [1.54, 1.807) is 48.5 Å². The maximum atomic E-state index is 13.0. The molecule has 35 heavy (non-hydrogen) atoms. The van der Waals surface area contributed by atoms with Crippen molar-refractivity contribution in [2.45, 2.75) is 20.4 Å². The highest BCUT2D eigenvalue weighted by Crippen LogP contribution is 2.33. The number of amides is 4. The van der Waals surface area contributed by atoms with Crippen molar-refractivity contribution < 1.29 is 19.1 Å². The molecule has 0 saturated carbocycles. The Bertz CT molecular complexity index is 1210. The summed E-state index contributed by atoms with van der Waals surface area (Å²) in [4.78, 5) is 41.5. The summed E-state index contributed by atoms with van der Waals surface area (Å²) in [5, 5.41) is 5.68. The SMILES string of the molecule is CCOc1ccc(NC(=O)N2CC(=O)N(CC(=O)NCc3ccc(C)cc3)c3ccccc32)cc1. The van der Waals surface area contributed by atoms with E-state index in [0.29, 0.717) is 36.0 Å². The largest absolute Gasteiger partial charge is 0.494 e. The molecule has 0 saturated heterocycles. The van der Waals surface area contributed by atoms with Gasteiger partial charge >= 0.3 is 6.03 Å². The van der Waals surface area contributed by atoms with Crippen molar-refractivity contribution in [1.29, 1.82) is 0 Å². The van der Waals surface area contributed by atoms with Gasteiger partial charge in [0.2, 0.25) is 11.8 Å². The molecular weight excluding hydrogens is 444 g/mol. The van der Waals surface area contributed by atoms with E-state index in [2.05, 4.69) is 10.6 Å². The van der Waals surface area contributed by atoms with Gasteiger partial charge in [-0.2, -0.15) is 0 Å². The molecule has 1 aliphatic rings. The van der Waals surface area contributed by atoms with Crippen LogP contribution in [0.25, 0.3) is 0 Å². The molecule has 0 atom stereocenters. The predicted molar refractivity (Wildman–Crippen MR) is 136 cm³/mol. The fourth-order valence-corrected chi connectivity index (χ4v) is 3.81. The highest BCUT2D eigenvalue weighted by Gasteiger charge is 2.33. The minimum Gasteiger partial charge on any atom is -0.494 e. The van der Waals surface area contributed by atoms with Gasteiger partial charge in [-0.25, -0.2) is 4.79 Å². The minimum atomic E-state index is -0.432. The topological polar surface area (TPSA) is 91.0 Å². The fourth-order valence-electron chi connectivity index (χ4n) is 3.81. The van der Waals surface area contributed by atoms with Crippen LogP contribution in [0.15, 0.2) is 72.8 Å². The molecule has 2 N–H and O–H groups in total. The van der Waals surface area contributed by atoms with E-state index in [1.807, 2.05) is 38.1 Å². The molecule has 4 rings (SSSR count). The second-order valence-electron chi connectivity index (χ2n) is 8.20. The standard InChI is InChI=1S/C27H28N4O4/c1-3-35-22-14-12-21(13-15-22)29-27(34)31-18-26(33)30(23-6-4-5-7-24(23)31)17-25(32)28-16-20-10-8-19(2)9-11-20/h4-15H,3,16-18H2,1-2H3,(H,28,32)(H,29,34). The van der Waals surface area contributed by atoms with Gasteiger partial charge in [-0.15, -0.1) is 0 Å². The van der Waals surface area contributed by atoms with Crippen molar-refractivity contribution in [3.8, 4) is 5.75 Å². The molecule has 3 aromatic rings. The molecule has 0 aliphatic carbocycles. The fraction of sp³-hybridized carbons (Fsp3) is 0.222. The van der Waals surface area contributed by atoms with E-state index in [1.165, 1.54) is 9.80 Å². The van der Waals surface area contributed by atoms with Crippen molar-refractivity contribution in [1.82, 2.24) is 5.32 Å². The number of para-hydroxylation sites is 2. The van der Waals surface area contributed by atoms with Crippen LogP contribution in [0, 0.1) is 6.92 Å². The molecule has 0 bridgehead atoms. The Morgan fingerprint density at radius 3 is 2.31 bits per heavy atom. The zero-order valence-electron chi connectivity index (χ0n) is 19.8. The summed E-state index contributed by atoms with van der Waals surface area (Å²) in [6.45, 7) is 4.53. The molecule has 1 aliphatic heterocycles. The molecule has 180 valence electrons.